The fourth-order valence-corrected chi connectivity index (χ4v) is 2.35. The van der Waals surface area contributed by atoms with Crippen LogP contribution in [0.15, 0.2) is 30.3 Å². The number of likely N-dealkylation sites (tertiary alicyclic amines) is 1. The van der Waals surface area contributed by atoms with Gasteiger partial charge in [0.2, 0.25) is 0 Å². The van der Waals surface area contributed by atoms with Crippen LogP contribution < -0.4 is 4.90 Å². The van der Waals surface area contributed by atoms with Gasteiger partial charge in [-0.15, -0.1) is 0 Å². The van der Waals surface area contributed by atoms with E-state index in [9.17, 15) is 22.8 Å². The number of anilines is 1. The third kappa shape index (κ3) is 3.26. The molecule has 1 aliphatic heterocycles. The summed E-state index contributed by atoms with van der Waals surface area (Å²) in [6.07, 6.45) is -6.04. The molecule has 1 fully saturated rings. The molecule has 0 spiro atoms. The first kappa shape index (κ1) is 15.1. The quantitative estimate of drug-likeness (QED) is 0.912. The van der Waals surface area contributed by atoms with Crippen LogP contribution in [0.4, 0.5) is 23.7 Å². The van der Waals surface area contributed by atoms with E-state index in [1.165, 1.54) is 24.3 Å². The zero-order valence-electron chi connectivity index (χ0n) is 10.9. The Morgan fingerprint density at radius 3 is 2.33 bits per heavy atom. The second-order valence-electron chi connectivity index (χ2n) is 4.68. The van der Waals surface area contributed by atoms with Gasteiger partial charge in [-0.3, -0.25) is 9.69 Å². The van der Waals surface area contributed by atoms with Crippen LogP contribution in [0.1, 0.15) is 6.42 Å². The fraction of sp³-hybridized carbons (Fsp3) is 0.385. The van der Waals surface area contributed by atoms with Gasteiger partial charge in [0.25, 0.3) is 0 Å². The van der Waals surface area contributed by atoms with E-state index in [0.717, 1.165) is 4.90 Å². The van der Waals surface area contributed by atoms with Crippen LogP contribution in [0.25, 0.3) is 0 Å². The van der Waals surface area contributed by atoms with Gasteiger partial charge >= 0.3 is 18.2 Å². The lowest BCUT2D eigenvalue weighted by Gasteiger charge is -2.29. The zero-order chi connectivity index (χ0) is 15.6. The van der Waals surface area contributed by atoms with Crippen LogP contribution in [0.3, 0.4) is 0 Å². The van der Waals surface area contributed by atoms with Crippen molar-refractivity contribution in [2.45, 2.75) is 18.6 Å². The Morgan fingerprint density at radius 1 is 1.24 bits per heavy atom. The molecule has 1 saturated heterocycles. The number of rotatable bonds is 2. The molecule has 0 bridgehead atoms. The first-order valence-electron chi connectivity index (χ1n) is 6.24. The summed E-state index contributed by atoms with van der Waals surface area (Å²) >= 11 is 0. The minimum atomic E-state index is -5.01. The molecule has 2 amide bonds. The van der Waals surface area contributed by atoms with Gasteiger partial charge in [-0.25, -0.2) is 4.79 Å². The van der Waals surface area contributed by atoms with Gasteiger partial charge in [0, 0.05) is 18.8 Å². The summed E-state index contributed by atoms with van der Waals surface area (Å²) in [5, 5.41) is 8.88. The number of nitrogens with zero attached hydrogens (tertiary/aromatic N) is 2. The fourth-order valence-electron chi connectivity index (χ4n) is 2.35. The van der Waals surface area contributed by atoms with E-state index in [2.05, 4.69) is 0 Å². The molecule has 0 radical (unpaired) electrons. The highest BCUT2D eigenvalue weighted by Crippen LogP contribution is 2.28. The van der Waals surface area contributed by atoms with Crippen molar-refractivity contribution in [3.05, 3.63) is 30.3 Å². The highest BCUT2D eigenvalue weighted by Gasteiger charge is 2.46. The Labute approximate surface area is 118 Å². The Balaban J connectivity index is 2.30. The van der Waals surface area contributed by atoms with Gasteiger partial charge in [0.05, 0.1) is 6.04 Å². The van der Waals surface area contributed by atoms with Crippen LogP contribution in [0.2, 0.25) is 0 Å². The summed E-state index contributed by atoms with van der Waals surface area (Å²) in [7, 11) is 0. The average molecular weight is 302 g/mol. The molecule has 2 rings (SSSR count). The van der Waals surface area contributed by atoms with E-state index in [0.29, 0.717) is 4.90 Å². The van der Waals surface area contributed by atoms with Crippen molar-refractivity contribution in [3.63, 3.8) is 0 Å². The lowest BCUT2D eigenvalue weighted by molar-refractivity contribution is -0.170. The van der Waals surface area contributed by atoms with Crippen molar-refractivity contribution in [2.75, 3.05) is 18.0 Å². The molecule has 1 aromatic rings. The van der Waals surface area contributed by atoms with Gasteiger partial charge in [-0.1, -0.05) is 18.2 Å². The molecular formula is C13H13F3N2O3. The minimum absolute atomic E-state index is 0.106. The molecule has 1 N–H and O–H groups in total. The van der Waals surface area contributed by atoms with Crippen LogP contribution in [0.5, 0.6) is 0 Å². The van der Waals surface area contributed by atoms with E-state index < -0.39 is 24.2 Å². The van der Waals surface area contributed by atoms with Crippen molar-refractivity contribution in [3.8, 4) is 0 Å². The van der Waals surface area contributed by atoms with Crippen LogP contribution >= 0.6 is 0 Å². The smallest absolute Gasteiger partial charge is 0.465 e. The van der Waals surface area contributed by atoms with Crippen LogP contribution in [0, 0.1) is 0 Å². The SMILES string of the molecule is O=C(O)N1CCC(N(C(=O)C(F)(F)F)c2ccccc2)C1. The minimum Gasteiger partial charge on any atom is -0.465 e. The molecule has 0 aliphatic carbocycles. The predicted octanol–water partition coefficient (Wildman–Crippen LogP) is 2.33. The Kier molecular flexibility index (Phi) is 4.06. The van der Waals surface area contributed by atoms with Crippen molar-refractivity contribution in [1.82, 2.24) is 4.90 Å². The van der Waals surface area contributed by atoms with Gasteiger partial charge in [0.1, 0.15) is 0 Å². The zero-order valence-corrected chi connectivity index (χ0v) is 10.9. The summed E-state index contributed by atoms with van der Waals surface area (Å²) in [5.41, 5.74) is 0.108. The molecule has 114 valence electrons. The molecule has 1 heterocycles. The highest BCUT2D eigenvalue weighted by atomic mass is 19.4. The number of hydrogen-bond donors (Lipinski definition) is 1. The maximum Gasteiger partial charge on any atom is 0.471 e. The van der Waals surface area contributed by atoms with E-state index in [4.69, 9.17) is 5.11 Å². The molecule has 1 aliphatic rings. The average Bonchev–Trinajstić information content (AvgIpc) is 2.89. The lowest BCUT2D eigenvalue weighted by atomic mass is 10.1. The van der Waals surface area contributed by atoms with Crippen molar-refractivity contribution in [2.24, 2.45) is 0 Å². The summed E-state index contributed by atoms with van der Waals surface area (Å²) in [6, 6.07) is 6.64. The van der Waals surface area contributed by atoms with Gasteiger partial charge in [-0.2, -0.15) is 13.2 Å². The van der Waals surface area contributed by atoms with E-state index >= 15 is 0 Å². The maximum absolute atomic E-state index is 12.8. The number of alkyl halides is 3. The van der Waals surface area contributed by atoms with E-state index in [1.807, 2.05) is 0 Å². The number of benzene rings is 1. The third-order valence-corrected chi connectivity index (χ3v) is 3.29. The summed E-state index contributed by atoms with van der Waals surface area (Å²) in [6.45, 7) is -0.0273. The molecule has 0 aromatic heterocycles. The standard InChI is InChI=1S/C13H13F3N2O3/c14-13(15,16)11(19)18(9-4-2-1-3-5-9)10-6-7-17(8-10)12(20)21/h1-5,10H,6-8H2,(H,20,21). The molecular weight excluding hydrogens is 289 g/mol. The van der Waals surface area contributed by atoms with E-state index in [1.54, 1.807) is 6.07 Å². The molecule has 8 heteroatoms. The second-order valence-corrected chi connectivity index (χ2v) is 4.68. The second kappa shape index (κ2) is 5.63. The lowest BCUT2D eigenvalue weighted by Crippen LogP contribution is -2.48. The molecule has 1 atom stereocenters. The number of para-hydroxylation sites is 1. The maximum atomic E-state index is 12.8. The summed E-state index contributed by atoms with van der Waals surface area (Å²) in [5.74, 6) is -1.98. The highest BCUT2D eigenvalue weighted by molar-refractivity contribution is 5.98. The number of hydrogen-bond acceptors (Lipinski definition) is 2. The molecule has 1 aromatic carbocycles. The number of carbonyl (C=O) groups is 2. The van der Waals surface area contributed by atoms with Gasteiger partial charge < -0.3 is 10.0 Å². The first-order chi connectivity index (χ1) is 9.80. The Morgan fingerprint density at radius 2 is 1.86 bits per heavy atom. The normalized spacial score (nSPS) is 18.6. The molecule has 1 unspecified atom stereocenters. The van der Waals surface area contributed by atoms with Gasteiger partial charge in [0.15, 0.2) is 0 Å². The van der Waals surface area contributed by atoms with Gasteiger partial charge in [-0.05, 0) is 18.6 Å². The van der Waals surface area contributed by atoms with Crippen LogP contribution in [-0.4, -0.2) is 47.3 Å². The third-order valence-electron chi connectivity index (χ3n) is 3.29. The first-order valence-corrected chi connectivity index (χ1v) is 6.24. The predicted molar refractivity (Wildman–Crippen MR) is 68.0 cm³/mol. The molecule has 5 nitrogen and oxygen atoms in total. The van der Waals surface area contributed by atoms with Crippen molar-refractivity contribution < 1.29 is 27.9 Å². The van der Waals surface area contributed by atoms with E-state index in [-0.39, 0.29) is 25.2 Å². The largest absolute Gasteiger partial charge is 0.471 e. The molecule has 21 heavy (non-hydrogen) atoms. The number of carbonyl (C=O) groups excluding carboxylic acids is 1. The van der Waals surface area contributed by atoms with Crippen LogP contribution in [-0.2, 0) is 4.79 Å². The van der Waals surface area contributed by atoms with Crippen molar-refractivity contribution >= 4 is 17.7 Å². The Hall–Kier alpha value is -2.25. The number of amides is 2. The number of carboxylic acid groups (broad SMARTS) is 1. The summed E-state index contributed by atoms with van der Waals surface area (Å²) < 4.78 is 38.3. The Bertz CT molecular complexity index is 533. The summed E-state index contributed by atoms with van der Waals surface area (Å²) in [4.78, 5) is 24.2. The number of halogens is 3. The topological polar surface area (TPSA) is 60.9 Å². The molecule has 0 saturated carbocycles. The monoisotopic (exact) mass is 302 g/mol. The van der Waals surface area contributed by atoms with Crippen molar-refractivity contribution in [1.29, 1.82) is 0 Å².